The molecule has 3 heteroatoms. The van der Waals surface area contributed by atoms with Gasteiger partial charge in [0, 0.05) is 24.7 Å². The van der Waals surface area contributed by atoms with Gasteiger partial charge in [-0.05, 0) is 30.5 Å². The number of nitrogens with zero attached hydrogens (tertiary/aromatic N) is 2. The van der Waals surface area contributed by atoms with Crippen molar-refractivity contribution < 1.29 is 0 Å². The van der Waals surface area contributed by atoms with Crippen molar-refractivity contribution in [1.82, 2.24) is 9.55 Å². The molecule has 0 aliphatic rings. The molecule has 3 nitrogen and oxygen atoms in total. The molecule has 0 saturated heterocycles. The largest absolute Gasteiger partial charge is 0.388 e. The summed E-state index contributed by atoms with van der Waals surface area (Å²) in [5.74, 6) is 1.95. The highest BCUT2D eigenvalue weighted by molar-refractivity contribution is 5.80. The Kier molecular flexibility index (Phi) is 4.60. The highest BCUT2D eigenvalue weighted by Gasteiger charge is 2.23. The van der Waals surface area contributed by atoms with Crippen LogP contribution in [0.1, 0.15) is 53.3 Å². The van der Waals surface area contributed by atoms with Crippen LogP contribution in [0.5, 0.6) is 0 Å². The predicted molar refractivity (Wildman–Crippen MR) is 92.1 cm³/mol. The quantitative estimate of drug-likeness (QED) is 0.855. The molecular formula is C18H29N3. The first-order valence-corrected chi connectivity index (χ1v) is 8.05. The summed E-state index contributed by atoms with van der Waals surface area (Å²) in [5.41, 5.74) is 3.53. The van der Waals surface area contributed by atoms with Crippen molar-refractivity contribution in [1.29, 1.82) is 0 Å². The smallest absolute Gasteiger partial charge is 0.115 e. The van der Waals surface area contributed by atoms with Gasteiger partial charge in [0.25, 0.3) is 0 Å². The lowest BCUT2D eigenvalue weighted by atomic mass is 9.95. The number of aromatic nitrogens is 2. The maximum Gasteiger partial charge on any atom is 0.115 e. The van der Waals surface area contributed by atoms with Gasteiger partial charge in [-0.15, -0.1) is 0 Å². The van der Waals surface area contributed by atoms with Crippen molar-refractivity contribution in [2.45, 2.75) is 59.4 Å². The SMILES string of the molecule is CCC(C)CCn1c(C(C)(C)C)nc2cc(NC)ccc21. The van der Waals surface area contributed by atoms with E-state index in [9.17, 15) is 0 Å². The fourth-order valence-corrected chi connectivity index (χ4v) is 2.64. The van der Waals surface area contributed by atoms with Gasteiger partial charge in [0.05, 0.1) is 11.0 Å². The Bertz CT molecular complexity index is 605. The number of imidazole rings is 1. The van der Waals surface area contributed by atoms with Crippen LogP contribution in [-0.4, -0.2) is 16.6 Å². The minimum Gasteiger partial charge on any atom is -0.388 e. The number of hydrogen-bond donors (Lipinski definition) is 1. The molecule has 0 bridgehead atoms. The Hall–Kier alpha value is -1.51. The van der Waals surface area contributed by atoms with Gasteiger partial charge in [-0.25, -0.2) is 4.98 Å². The zero-order chi connectivity index (χ0) is 15.6. The van der Waals surface area contributed by atoms with Crippen LogP contribution in [0.25, 0.3) is 11.0 Å². The molecule has 2 aromatic rings. The molecule has 0 aliphatic carbocycles. The van der Waals surface area contributed by atoms with Crippen molar-refractivity contribution in [2.24, 2.45) is 5.92 Å². The maximum absolute atomic E-state index is 4.92. The molecule has 1 aromatic carbocycles. The molecule has 0 fully saturated rings. The Balaban J connectivity index is 2.48. The van der Waals surface area contributed by atoms with Crippen LogP contribution in [0.3, 0.4) is 0 Å². The summed E-state index contributed by atoms with van der Waals surface area (Å²) >= 11 is 0. The Morgan fingerprint density at radius 1 is 1.29 bits per heavy atom. The molecule has 1 aromatic heterocycles. The van der Waals surface area contributed by atoms with Gasteiger partial charge in [-0.3, -0.25) is 0 Å². The number of aryl methyl sites for hydroxylation is 1. The van der Waals surface area contributed by atoms with Gasteiger partial charge in [-0.2, -0.15) is 0 Å². The first kappa shape index (κ1) is 15.9. The van der Waals surface area contributed by atoms with Crippen molar-refractivity contribution in [3.8, 4) is 0 Å². The summed E-state index contributed by atoms with van der Waals surface area (Å²) in [6.07, 6.45) is 2.44. The zero-order valence-electron chi connectivity index (χ0n) is 14.3. The molecule has 21 heavy (non-hydrogen) atoms. The summed E-state index contributed by atoms with van der Waals surface area (Å²) in [4.78, 5) is 4.92. The van der Waals surface area contributed by atoms with Crippen LogP contribution in [0, 0.1) is 5.92 Å². The van der Waals surface area contributed by atoms with E-state index in [1.807, 2.05) is 7.05 Å². The first-order valence-electron chi connectivity index (χ1n) is 8.05. The number of hydrogen-bond acceptors (Lipinski definition) is 2. The average molecular weight is 287 g/mol. The number of nitrogens with one attached hydrogen (secondary N) is 1. The third-order valence-electron chi connectivity index (χ3n) is 4.25. The van der Waals surface area contributed by atoms with Crippen molar-refractivity contribution in [3.05, 3.63) is 24.0 Å². The van der Waals surface area contributed by atoms with E-state index in [0.29, 0.717) is 0 Å². The molecule has 1 N–H and O–H groups in total. The molecule has 0 aliphatic heterocycles. The molecule has 0 spiro atoms. The summed E-state index contributed by atoms with van der Waals surface area (Å²) in [7, 11) is 1.95. The van der Waals surface area contributed by atoms with Crippen LogP contribution in [0.15, 0.2) is 18.2 Å². The van der Waals surface area contributed by atoms with Crippen LogP contribution < -0.4 is 5.32 Å². The standard InChI is InChI=1S/C18H29N3/c1-7-13(2)10-11-21-16-9-8-14(19-6)12-15(16)20-17(21)18(3,4)5/h8-9,12-13,19H,7,10-11H2,1-6H3. The van der Waals surface area contributed by atoms with Crippen LogP contribution in [0.4, 0.5) is 5.69 Å². The average Bonchev–Trinajstić information content (AvgIpc) is 2.82. The minimum absolute atomic E-state index is 0.0638. The molecule has 1 unspecified atom stereocenters. The van der Waals surface area contributed by atoms with Gasteiger partial charge >= 0.3 is 0 Å². The third kappa shape index (κ3) is 3.39. The second kappa shape index (κ2) is 6.08. The lowest BCUT2D eigenvalue weighted by molar-refractivity contribution is 0.440. The molecule has 1 atom stereocenters. The van der Waals surface area contributed by atoms with Crippen LogP contribution >= 0.6 is 0 Å². The van der Waals surface area contributed by atoms with E-state index < -0.39 is 0 Å². The Morgan fingerprint density at radius 3 is 2.57 bits per heavy atom. The predicted octanol–water partition coefficient (Wildman–Crippen LogP) is 4.81. The Morgan fingerprint density at radius 2 is 2.00 bits per heavy atom. The van der Waals surface area contributed by atoms with E-state index >= 15 is 0 Å². The van der Waals surface area contributed by atoms with E-state index in [4.69, 9.17) is 4.98 Å². The minimum atomic E-state index is 0.0638. The van der Waals surface area contributed by atoms with Crippen LogP contribution in [0.2, 0.25) is 0 Å². The van der Waals surface area contributed by atoms with Gasteiger partial charge in [0.1, 0.15) is 5.82 Å². The molecular weight excluding hydrogens is 258 g/mol. The molecule has 0 saturated carbocycles. The lowest BCUT2D eigenvalue weighted by Gasteiger charge is -2.21. The fraction of sp³-hybridized carbons (Fsp3) is 0.611. The second-order valence-electron chi connectivity index (χ2n) is 7.09. The highest BCUT2D eigenvalue weighted by Crippen LogP contribution is 2.28. The zero-order valence-corrected chi connectivity index (χ0v) is 14.3. The maximum atomic E-state index is 4.92. The van der Waals surface area contributed by atoms with Crippen molar-refractivity contribution in [3.63, 3.8) is 0 Å². The lowest BCUT2D eigenvalue weighted by Crippen LogP contribution is -2.19. The number of benzene rings is 1. The monoisotopic (exact) mass is 287 g/mol. The van der Waals surface area contributed by atoms with E-state index in [-0.39, 0.29) is 5.41 Å². The topological polar surface area (TPSA) is 29.9 Å². The van der Waals surface area contributed by atoms with Crippen LogP contribution in [-0.2, 0) is 12.0 Å². The van der Waals surface area contributed by atoms with Gasteiger partial charge < -0.3 is 9.88 Å². The second-order valence-corrected chi connectivity index (χ2v) is 7.09. The third-order valence-corrected chi connectivity index (χ3v) is 4.25. The molecule has 0 radical (unpaired) electrons. The molecule has 0 amide bonds. The van der Waals surface area contributed by atoms with E-state index in [1.165, 1.54) is 24.2 Å². The summed E-state index contributed by atoms with van der Waals surface area (Å²) in [6.45, 7) is 12.4. The number of anilines is 1. The first-order chi connectivity index (χ1) is 9.86. The number of fused-ring (bicyclic) bond motifs is 1. The van der Waals surface area contributed by atoms with Gasteiger partial charge in [0.2, 0.25) is 0 Å². The molecule has 116 valence electrons. The fourth-order valence-electron chi connectivity index (χ4n) is 2.64. The summed E-state index contributed by atoms with van der Waals surface area (Å²) in [5, 5.41) is 3.20. The van der Waals surface area contributed by atoms with Crippen molar-refractivity contribution >= 4 is 16.7 Å². The normalized spacial score (nSPS) is 13.6. The van der Waals surface area contributed by atoms with E-state index in [1.54, 1.807) is 0 Å². The number of rotatable bonds is 5. The highest BCUT2D eigenvalue weighted by atomic mass is 15.1. The van der Waals surface area contributed by atoms with Crippen molar-refractivity contribution in [2.75, 3.05) is 12.4 Å². The van der Waals surface area contributed by atoms with Gasteiger partial charge in [-0.1, -0.05) is 41.0 Å². The van der Waals surface area contributed by atoms with Gasteiger partial charge in [0.15, 0.2) is 0 Å². The molecule has 1 heterocycles. The summed E-state index contributed by atoms with van der Waals surface area (Å²) in [6, 6.07) is 6.47. The van der Waals surface area contributed by atoms with E-state index in [2.05, 4.69) is 62.7 Å². The summed E-state index contributed by atoms with van der Waals surface area (Å²) < 4.78 is 2.42. The molecule has 2 rings (SSSR count). The Labute approximate surface area is 128 Å². The van der Waals surface area contributed by atoms with E-state index in [0.717, 1.165) is 23.7 Å².